The Bertz CT molecular complexity index is 299. The van der Waals surface area contributed by atoms with Gasteiger partial charge in [-0.2, -0.15) is 0 Å². The number of anilines is 2. The zero-order valence-corrected chi connectivity index (χ0v) is 8.90. The molecule has 6 nitrogen and oxygen atoms in total. The summed E-state index contributed by atoms with van der Waals surface area (Å²) in [4.78, 5) is 8.08. The molecule has 0 aromatic carbocycles. The van der Waals surface area contributed by atoms with Gasteiger partial charge in [0.15, 0.2) is 0 Å². The largest absolute Gasteiger partial charge is 0.394 e. The first-order chi connectivity index (χ1) is 7.15. The summed E-state index contributed by atoms with van der Waals surface area (Å²) in [5.41, 5.74) is 5.57. The molecule has 0 aliphatic rings. The minimum absolute atomic E-state index is 0.0310. The van der Waals surface area contributed by atoms with Crippen molar-refractivity contribution in [2.45, 2.75) is 13.0 Å². The van der Waals surface area contributed by atoms with Crippen LogP contribution in [0.25, 0.3) is 0 Å². The molecule has 1 heterocycles. The van der Waals surface area contributed by atoms with E-state index in [-0.39, 0.29) is 12.6 Å². The van der Waals surface area contributed by atoms with Gasteiger partial charge in [-0.05, 0) is 6.92 Å². The van der Waals surface area contributed by atoms with Gasteiger partial charge in [0.05, 0.1) is 19.3 Å². The Morgan fingerprint density at radius 2 is 2.33 bits per heavy atom. The molecule has 0 bridgehead atoms. The quantitative estimate of drug-likeness (QED) is 0.625. The van der Waals surface area contributed by atoms with Gasteiger partial charge in [0.25, 0.3) is 0 Å². The van der Waals surface area contributed by atoms with Crippen molar-refractivity contribution in [1.82, 2.24) is 9.97 Å². The molecule has 0 aliphatic heterocycles. The van der Waals surface area contributed by atoms with E-state index < -0.39 is 0 Å². The van der Waals surface area contributed by atoms with E-state index in [1.807, 2.05) is 0 Å². The van der Waals surface area contributed by atoms with Gasteiger partial charge in [-0.15, -0.1) is 0 Å². The number of nitrogens with zero attached hydrogens (tertiary/aromatic N) is 2. The summed E-state index contributed by atoms with van der Waals surface area (Å²) in [7, 11) is 1.57. The zero-order chi connectivity index (χ0) is 11.3. The molecule has 1 aromatic heterocycles. The van der Waals surface area contributed by atoms with Crippen LogP contribution in [-0.2, 0) is 4.74 Å². The van der Waals surface area contributed by atoms with Crippen molar-refractivity contribution in [2.75, 3.05) is 31.4 Å². The van der Waals surface area contributed by atoms with Gasteiger partial charge in [0.2, 0.25) is 0 Å². The first-order valence-electron chi connectivity index (χ1n) is 4.63. The Labute approximate surface area is 88.5 Å². The first kappa shape index (κ1) is 11.7. The van der Waals surface area contributed by atoms with Crippen molar-refractivity contribution in [3.63, 3.8) is 0 Å². The molecule has 0 amide bonds. The second kappa shape index (κ2) is 5.47. The average molecular weight is 212 g/mol. The highest BCUT2D eigenvalue weighted by Gasteiger charge is 2.08. The lowest BCUT2D eigenvalue weighted by atomic mass is 10.3. The number of rotatable bonds is 5. The van der Waals surface area contributed by atoms with Gasteiger partial charge in [-0.1, -0.05) is 0 Å². The van der Waals surface area contributed by atoms with Crippen LogP contribution in [0.4, 0.5) is 11.6 Å². The van der Waals surface area contributed by atoms with Crippen LogP contribution in [0.3, 0.4) is 0 Å². The zero-order valence-electron chi connectivity index (χ0n) is 8.90. The number of hydrogen-bond donors (Lipinski definition) is 3. The fraction of sp³-hybridized carbons (Fsp3) is 0.556. The Hall–Kier alpha value is -1.40. The molecular formula is C9H16N4O2. The van der Waals surface area contributed by atoms with E-state index in [0.29, 0.717) is 24.1 Å². The summed E-state index contributed by atoms with van der Waals surface area (Å²) >= 11 is 0. The number of methoxy groups -OCH3 is 1. The molecule has 0 aliphatic carbocycles. The van der Waals surface area contributed by atoms with Crippen LogP contribution in [0.15, 0.2) is 6.07 Å². The number of hydrogen-bond acceptors (Lipinski definition) is 6. The number of nitrogen functional groups attached to an aromatic ring is 1. The summed E-state index contributed by atoms with van der Waals surface area (Å²) in [5.74, 6) is 1.59. The monoisotopic (exact) mass is 212 g/mol. The Kier molecular flexibility index (Phi) is 4.26. The van der Waals surface area contributed by atoms with E-state index in [1.165, 1.54) is 0 Å². The molecule has 1 rings (SSSR count). The fourth-order valence-electron chi connectivity index (χ4n) is 1.22. The molecule has 15 heavy (non-hydrogen) atoms. The minimum atomic E-state index is -0.191. The van der Waals surface area contributed by atoms with Crippen LogP contribution < -0.4 is 11.1 Å². The predicted octanol–water partition coefficient (Wildman–Crippen LogP) is -0.214. The number of nitrogens with one attached hydrogen (secondary N) is 1. The molecule has 1 atom stereocenters. The highest BCUT2D eigenvalue weighted by molar-refractivity contribution is 5.45. The summed E-state index contributed by atoms with van der Waals surface area (Å²) in [5, 5.41) is 12.0. The lowest BCUT2D eigenvalue weighted by Gasteiger charge is -2.16. The van der Waals surface area contributed by atoms with Crippen LogP contribution in [0.1, 0.15) is 5.82 Å². The van der Waals surface area contributed by atoms with Gasteiger partial charge >= 0.3 is 0 Å². The van der Waals surface area contributed by atoms with Crippen molar-refractivity contribution in [3.8, 4) is 0 Å². The summed E-state index contributed by atoms with van der Waals surface area (Å²) in [6, 6.07) is 1.43. The third-order valence-electron chi connectivity index (χ3n) is 1.80. The predicted molar refractivity (Wildman–Crippen MR) is 57.6 cm³/mol. The molecule has 1 unspecified atom stereocenters. The maximum absolute atomic E-state index is 9.04. The van der Waals surface area contributed by atoms with Gasteiger partial charge in [-0.25, -0.2) is 9.97 Å². The third-order valence-corrected chi connectivity index (χ3v) is 1.80. The van der Waals surface area contributed by atoms with E-state index in [1.54, 1.807) is 20.1 Å². The highest BCUT2D eigenvalue weighted by Crippen LogP contribution is 2.09. The Balaban J connectivity index is 2.69. The summed E-state index contributed by atoms with van der Waals surface area (Å²) in [6.45, 7) is 2.13. The van der Waals surface area contributed by atoms with Crippen molar-refractivity contribution in [2.24, 2.45) is 0 Å². The Morgan fingerprint density at radius 1 is 1.60 bits per heavy atom. The second-order valence-electron chi connectivity index (χ2n) is 3.20. The molecule has 84 valence electrons. The van der Waals surface area contributed by atoms with Crippen molar-refractivity contribution < 1.29 is 9.84 Å². The molecule has 0 radical (unpaired) electrons. The molecule has 0 spiro atoms. The maximum Gasteiger partial charge on any atom is 0.132 e. The van der Waals surface area contributed by atoms with Gasteiger partial charge in [0, 0.05) is 13.2 Å². The lowest BCUT2D eigenvalue weighted by Crippen LogP contribution is -2.29. The molecule has 0 saturated carbocycles. The van der Waals surface area contributed by atoms with E-state index in [0.717, 1.165) is 0 Å². The molecule has 6 heteroatoms. The Morgan fingerprint density at radius 3 is 2.87 bits per heavy atom. The molecule has 4 N–H and O–H groups in total. The summed E-state index contributed by atoms with van der Waals surface area (Å²) < 4.78 is 4.93. The number of aliphatic hydroxyl groups is 1. The third kappa shape index (κ3) is 3.69. The van der Waals surface area contributed by atoms with Crippen LogP contribution >= 0.6 is 0 Å². The normalized spacial score (nSPS) is 12.5. The highest BCUT2D eigenvalue weighted by atomic mass is 16.5. The number of aliphatic hydroxyl groups excluding tert-OH is 1. The second-order valence-corrected chi connectivity index (χ2v) is 3.20. The van der Waals surface area contributed by atoms with E-state index in [2.05, 4.69) is 15.3 Å². The average Bonchev–Trinajstić information content (AvgIpc) is 2.15. The van der Waals surface area contributed by atoms with Crippen molar-refractivity contribution in [1.29, 1.82) is 0 Å². The number of aryl methyl sites for hydroxylation is 1. The standard InChI is InChI=1S/C9H16N4O2/c1-6-11-8(10)3-9(12-6)13-7(4-14)5-15-2/h3,7,14H,4-5H2,1-2H3,(H3,10,11,12,13). The van der Waals surface area contributed by atoms with Crippen LogP contribution in [0.5, 0.6) is 0 Å². The number of nitrogens with two attached hydrogens (primary N) is 1. The molecule has 0 fully saturated rings. The minimum Gasteiger partial charge on any atom is -0.394 e. The molecule has 1 aromatic rings. The van der Waals surface area contributed by atoms with E-state index in [4.69, 9.17) is 15.6 Å². The van der Waals surface area contributed by atoms with Gasteiger partial charge in [-0.3, -0.25) is 0 Å². The fourth-order valence-corrected chi connectivity index (χ4v) is 1.22. The van der Waals surface area contributed by atoms with Crippen LogP contribution in [0, 0.1) is 6.92 Å². The van der Waals surface area contributed by atoms with Gasteiger partial charge in [0.1, 0.15) is 17.5 Å². The lowest BCUT2D eigenvalue weighted by molar-refractivity contribution is 0.153. The van der Waals surface area contributed by atoms with Crippen LogP contribution in [0.2, 0.25) is 0 Å². The first-order valence-corrected chi connectivity index (χ1v) is 4.63. The van der Waals surface area contributed by atoms with Gasteiger partial charge < -0.3 is 20.9 Å². The smallest absolute Gasteiger partial charge is 0.132 e. The maximum atomic E-state index is 9.04. The SMILES string of the molecule is COCC(CO)Nc1cc(N)nc(C)n1. The molecule has 0 saturated heterocycles. The molecular weight excluding hydrogens is 196 g/mol. The number of ether oxygens (including phenoxy) is 1. The number of aromatic nitrogens is 2. The van der Waals surface area contributed by atoms with Crippen LogP contribution in [-0.4, -0.2) is 41.4 Å². The van der Waals surface area contributed by atoms with Crippen molar-refractivity contribution >= 4 is 11.6 Å². The van der Waals surface area contributed by atoms with E-state index >= 15 is 0 Å². The van der Waals surface area contributed by atoms with E-state index in [9.17, 15) is 0 Å². The topological polar surface area (TPSA) is 93.3 Å². The van der Waals surface area contributed by atoms with Crippen molar-refractivity contribution in [3.05, 3.63) is 11.9 Å². The summed E-state index contributed by atoms with van der Waals surface area (Å²) in [6.07, 6.45) is 0.